The average Bonchev–Trinajstić information content (AvgIpc) is 3.72. The van der Waals surface area contributed by atoms with Gasteiger partial charge in [-0.1, -0.05) is 147 Å². The molecule has 0 unspecified atom stereocenters. The van der Waals surface area contributed by atoms with Crippen molar-refractivity contribution in [1.82, 2.24) is 9.97 Å². The Labute approximate surface area is 373 Å². The van der Waals surface area contributed by atoms with Gasteiger partial charge in [0.2, 0.25) is 0 Å². The second kappa shape index (κ2) is 17.0. The second-order valence-corrected chi connectivity index (χ2v) is 14.5. The second-order valence-electron chi connectivity index (χ2n) is 14.5. The summed E-state index contributed by atoms with van der Waals surface area (Å²) in [6.07, 6.45) is 4.34. The van der Waals surface area contributed by atoms with E-state index in [2.05, 4.69) is 48.9 Å². The van der Waals surface area contributed by atoms with E-state index in [1.165, 1.54) is 24.5 Å². The van der Waals surface area contributed by atoms with E-state index in [4.69, 9.17) is 20.9 Å². The van der Waals surface area contributed by atoms with Crippen LogP contribution in [0.1, 0.15) is 77.9 Å². The van der Waals surface area contributed by atoms with Crippen LogP contribution in [0.15, 0.2) is 144 Å². The van der Waals surface area contributed by atoms with Crippen LogP contribution in [-0.2, 0) is 25.5 Å². The van der Waals surface area contributed by atoms with Crippen molar-refractivity contribution in [3.8, 4) is 44.8 Å². The molecule has 3 heterocycles. The van der Waals surface area contributed by atoms with Crippen LogP contribution in [0.2, 0.25) is 0 Å². The molecule has 0 N–H and O–H groups in total. The standard InChI is InChI=1S/C35H32NO.C19H16N.Ir/c1-6-35(5,7-2)25-16-18-26(22(3)19-25)31-20-32(36-21-23(31)4)30-14-10-13-28-29-17-15-24-11-8-9-12-27(24)33(29)37-34(28)30;1-14-8-11-19(20-13-14)17-10-9-15(2)18(12-17)16-6-4-3-5-7-16;/h8-13,15-21H,6-7H2,1-5H3;3-9,11-13H,1-2H3;/q2*-1;/i3D3,4D3;1D3,2D3;. The minimum absolute atomic E-state index is 0. The van der Waals surface area contributed by atoms with E-state index >= 15 is 0 Å². The molecule has 0 spiro atoms. The molecular weight excluding hydrogens is 885 g/mol. The first-order valence-electron chi connectivity index (χ1n) is 25.0. The van der Waals surface area contributed by atoms with Gasteiger partial charge in [-0.25, -0.2) is 0 Å². The van der Waals surface area contributed by atoms with Crippen LogP contribution in [0, 0.1) is 39.5 Å². The van der Waals surface area contributed by atoms with Gasteiger partial charge in [-0.3, -0.25) is 0 Å². The molecule has 0 saturated carbocycles. The number of aromatic nitrogens is 2. The number of aryl methyl sites for hydroxylation is 4. The topological polar surface area (TPSA) is 38.9 Å². The summed E-state index contributed by atoms with van der Waals surface area (Å²) in [4.78, 5) is 8.78. The number of hydrogen-bond donors (Lipinski definition) is 0. The molecule has 9 aromatic rings. The summed E-state index contributed by atoms with van der Waals surface area (Å²) in [6.45, 7) is -3.15. The zero-order valence-corrected chi connectivity index (χ0v) is 34.7. The van der Waals surface area contributed by atoms with E-state index in [9.17, 15) is 0 Å². The molecule has 3 nitrogen and oxygen atoms in total. The molecule has 0 aliphatic heterocycles. The molecule has 0 amide bonds. The van der Waals surface area contributed by atoms with Crippen molar-refractivity contribution in [3.63, 3.8) is 0 Å². The van der Waals surface area contributed by atoms with E-state index in [1.54, 1.807) is 36.4 Å². The Hall–Kier alpha value is -5.67. The van der Waals surface area contributed by atoms with Crippen molar-refractivity contribution in [2.75, 3.05) is 0 Å². The van der Waals surface area contributed by atoms with E-state index in [1.807, 2.05) is 72.8 Å². The maximum absolute atomic E-state index is 8.41. The maximum Gasteiger partial charge on any atom is 0.128 e. The Bertz CT molecular complexity index is 3320. The minimum atomic E-state index is -2.51. The monoisotopic (exact) mass is 945 g/mol. The Morgan fingerprint density at radius 2 is 1.40 bits per heavy atom. The Morgan fingerprint density at radius 1 is 0.621 bits per heavy atom. The molecular formula is C54H48IrN2O-2. The van der Waals surface area contributed by atoms with Crippen molar-refractivity contribution in [3.05, 3.63) is 180 Å². The summed E-state index contributed by atoms with van der Waals surface area (Å²) in [5.74, 6) is 0. The third-order valence-electron chi connectivity index (χ3n) is 11.1. The zero-order chi connectivity index (χ0) is 49.7. The zero-order valence-electron chi connectivity index (χ0n) is 44.3. The minimum Gasteiger partial charge on any atom is -0.500 e. The van der Waals surface area contributed by atoms with Crippen molar-refractivity contribution < 1.29 is 41.0 Å². The molecule has 291 valence electrons. The van der Waals surface area contributed by atoms with Crippen LogP contribution < -0.4 is 0 Å². The van der Waals surface area contributed by atoms with Gasteiger partial charge in [0.15, 0.2) is 0 Å². The summed E-state index contributed by atoms with van der Waals surface area (Å²) in [5.41, 5.74) is 6.74. The third-order valence-corrected chi connectivity index (χ3v) is 11.1. The van der Waals surface area contributed by atoms with E-state index < -0.39 is 27.4 Å². The van der Waals surface area contributed by atoms with Gasteiger partial charge in [0.1, 0.15) is 5.58 Å². The van der Waals surface area contributed by atoms with E-state index in [0.717, 1.165) is 51.1 Å². The quantitative estimate of drug-likeness (QED) is 0.149. The van der Waals surface area contributed by atoms with Gasteiger partial charge in [0, 0.05) is 59.7 Å². The van der Waals surface area contributed by atoms with E-state index in [0.29, 0.717) is 44.8 Å². The van der Waals surface area contributed by atoms with Crippen LogP contribution in [-0.4, -0.2) is 9.97 Å². The molecule has 0 saturated heterocycles. The van der Waals surface area contributed by atoms with Gasteiger partial charge in [-0.15, -0.1) is 47.5 Å². The summed E-state index contributed by atoms with van der Waals surface area (Å²) in [6, 6.07) is 44.7. The maximum atomic E-state index is 8.41. The molecule has 0 atom stereocenters. The van der Waals surface area contributed by atoms with Gasteiger partial charge in [-0.05, 0) is 94.5 Å². The number of rotatable bonds is 7. The van der Waals surface area contributed by atoms with Gasteiger partial charge < -0.3 is 14.4 Å². The molecule has 0 bridgehead atoms. The first-order valence-corrected chi connectivity index (χ1v) is 19.0. The van der Waals surface area contributed by atoms with Gasteiger partial charge in [0.25, 0.3) is 0 Å². The van der Waals surface area contributed by atoms with Crippen molar-refractivity contribution in [2.45, 2.75) is 66.4 Å². The molecule has 0 aliphatic carbocycles. The summed E-state index contributed by atoms with van der Waals surface area (Å²) < 4.78 is 102. The average molecular weight is 945 g/mol. The Morgan fingerprint density at radius 3 is 2.16 bits per heavy atom. The molecule has 1 radical (unpaired) electrons. The molecule has 0 aliphatic rings. The van der Waals surface area contributed by atoms with Crippen LogP contribution in [0.25, 0.3) is 77.5 Å². The first kappa shape index (κ1) is 27.9. The first-order chi connectivity index (χ1) is 32.5. The summed E-state index contributed by atoms with van der Waals surface area (Å²) in [7, 11) is 0. The van der Waals surface area contributed by atoms with Gasteiger partial charge in [0.05, 0.1) is 5.58 Å². The van der Waals surface area contributed by atoms with Crippen molar-refractivity contribution >= 4 is 32.7 Å². The normalized spacial score (nSPS) is 15.3. The molecule has 9 rings (SSSR count). The number of fused-ring (bicyclic) bond motifs is 5. The number of benzene rings is 6. The Kier molecular flexibility index (Phi) is 8.19. The van der Waals surface area contributed by atoms with Gasteiger partial charge >= 0.3 is 0 Å². The predicted octanol–water partition coefficient (Wildman–Crippen LogP) is 14.8. The smallest absolute Gasteiger partial charge is 0.128 e. The third kappa shape index (κ3) is 7.80. The molecule has 6 aromatic carbocycles. The molecule has 3 aromatic heterocycles. The van der Waals surface area contributed by atoms with Gasteiger partial charge in [-0.2, -0.15) is 0 Å². The van der Waals surface area contributed by atoms with E-state index in [-0.39, 0.29) is 47.8 Å². The van der Waals surface area contributed by atoms with Crippen LogP contribution in [0.5, 0.6) is 0 Å². The fourth-order valence-electron chi connectivity index (χ4n) is 7.34. The molecule has 4 heteroatoms. The van der Waals surface area contributed by atoms with Crippen LogP contribution in [0.4, 0.5) is 0 Å². The number of nitrogens with zero attached hydrogens (tertiary/aromatic N) is 2. The van der Waals surface area contributed by atoms with Crippen molar-refractivity contribution in [1.29, 1.82) is 0 Å². The Balaban J connectivity index is 0.000000229. The van der Waals surface area contributed by atoms with Crippen LogP contribution >= 0.6 is 0 Å². The SMILES string of the molecule is [2H]C([2H])([2H])c1ccc(-c2[c-]cc(C([2H])([2H])[2H])c(-c3ccccc3)c2)nc1.[2H]C([2H])([2H])c1cnc(-c2[c-]ccc3c2oc2c4ccccc4ccc32)cc1-c1ccc(C(C)(CC)CC)cc1C([2H])([2H])[2H].[Ir]. The predicted molar refractivity (Wildman–Crippen MR) is 240 cm³/mol. The fraction of sp³-hybridized carbons (Fsp3) is 0.185. The van der Waals surface area contributed by atoms with Crippen molar-refractivity contribution in [2.24, 2.45) is 0 Å². The number of furan rings is 1. The number of hydrogen-bond acceptors (Lipinski definition) is 3. The van der Waals surface area contributed by atoms with Crippen LogP contribution in [0.3, 0.4) is 0 Å². The summed E-state index contributed by atoms with van der Waals surface area (Å²) >= 11 is 0. The fourth-order valence-corrected chi connectivity index (χ4v) is 7.34. The largest absolute Gasteiger partial charge is 0.500 e. The number of pyridine rings is 2. The molecule has 58 heavy (non-hydrogen) atoms. The molecule has 0 fully saturated rings. The summed E-state index contributed by atoms with van der Waals surface area (Å²) in [5, 5.41) is 3.90.